The van der Waals surface area contributed by atoms with E-state index >= 15 is 0 Å². The highest BCUT2D eigenvalue weighted by molar-refractivity contribution is 7.99. The Balaban J connectivity index is 2.09. The number of hydrogen-bond donors (Lipinski definition) is 1. The molecule has 0 aromatic heterocycles. The quantitative estimate of drug-likeness (QED) is 0.923. The number of anilines is 1. The number of rotatable bonds is 4. The number of nitrogens with one attached hydrogen (secondary N) is 1. The van der Waals surface area contributed by atoms with Gasteiger partial charge in [-0.1, -0.05) is 17.7 Å². The van der Waals surface area contributed by atoms with E-state index in [1.54, 1.807) is 23.6 Å². The van der Waals surface area contributed by atoms with Gasteiger partial charge in [0.1, 0.15) is 12.1 Å². The summed E-state index contributed by atoms with van der Waals surface area (Å²) < 4.78 is 5.07. The van der Waals surface area contributed by atoms with Crippen molar-refractivity contribution in [2.24, 2.45) is 0 Å². The highest BCUT2D eigenvalue weighted by Gasteiger charge is 2.36. The SMILES string of the molecule is CO[C@@H](C)C(=O)N1CSC[C@@H]1C(=O)Nc1ccc(C)cc1C. The summed E-state index contributed by atoms with van der Waals surface area (Å²) in [6.07, 6.45) is -0.532. The minimum atomic E-state index is -0.532. The molecule has 2 amide bonds. The molecule has 2 atom stereocenters. The molecule has 0 radical (unpaired) electrons. The fourth-order valence-corrected chi connectivity index (χ4v) is 3.55. The third kappa shape index (κ3) is 3.62. The smallest absolute Gasteiger partial charge is 0.252 e. The van der Waals surface area contributed by atoms with Crippen LogP contribution in [0.2, 0.25) is 0 Å². The van der Waals surface area contributed by atoms with Crippen molar-refractivity contribution >= 4 is 29.3 Å². The molecule has 0 saturated carbocycles. The number of ether oxygens (including phenoxy) is 1. The zero-order valence-corrected chi connectivity index (χ0v) is 14.2. The molecule has 0 unspecified atom stereocenters. The van der Waals surface area contributed by atoms with E-state index < -0.39 is 12.1 Å². The van der Waals surface area contributed by atoms with Crippen molar-refractivity contribution in [3.63, 3.8) is 0 Å². The normalized spacial score (nSPS) is 19.1. The molecule has 1 N–H and O–H groups in total. The average Bonchev–Trinajstić information content (AvgIpc) is 2.98. The Hall–Kier alpha value is -1.53. The lowest BCUT2D eigenvalue weighted by molar-refractivity contribution is -0.144. The molecule has 6 heteroatoms. The summed E-state index contributed by atoms with van der Waals surface area (Å²) in [7, 11) is 1.50. The molecule has 1 aliphatic heterocycles. The van der Waals surface area contributed by atoms with E-state index in [1.165, 1.54) is 7.11 Å². The number of thioether (sulfide) groups is 1. The molecule has 1 saturated heterocycles. The Kier molecular flexibility index (Phi) is 5.47. The van der Waals surface area contributed by atoms with Crippen LogP contribution in [0.4, 0.5) is 5.69 Å². The molecule has 1 fully saturated rings. The van der Waals surface area contributed by atoms with Gasteiger partial charge in [0.05, 0.1) is 5.88 Å². The fourth-order valence-electron chi connectivity index (χ4n) is 2.38. The number of hydrogen-bond acceptors (Lipinski definition) is 4. The molecular weight excluding hydrogens is 300 g/mol. The monoisotopic (exact) mass is 322 g/mol. The summed E-state index contributed by atoms with van der Waals surface area (Å²) in [5.74, 6) is 0.845. The summed E-state index contributed by atoms with van der Waals surface area (Å²) in [4.78, 5) is 26.4. The van der Waals surface area contributed by atoms with Crippen molar-refractivity contribution < 1.29 is 14.3 Å². The molecule has 2 rings (SSSR count). The van der Waals surface area contributed by atoms with E-state index in [-0.39, 0.29) is 11.8 Å². The standard InChI is InChI=1S/C16H22N2O3S/c1-10-5-6-13(11(2)7-10)17-15(19)14-8-22-9-18(14)16(20)12(3)21-4/h5-7,12,14H,8-9H2,1-4H3,(H,17,19)/t12-,14+/m0/s1. The first-order valence-electron chi connectivity index (χ1n) is 7.23. The van der Waals surface area contributed by atoms with E-state index in [2.05, 4.69) is 5.32 Å². The molecule has 0 bridgehead atoms. The molecule has 1 heterocycles. The van der Waals surface area contributed by atoms with Gasteiger partial charge in [-0.3, -0.25) is 9.59 Å². The van der Waals surface area contributed by atoms with Crippen LogP contribution in [0.15, 0.2) is 18.2 Å². The lowest BCUT2D eigenvalue weighted by Crippen LogP contribution is -2.48. The van der Waals surface area contributed by atoms with Gasteiger partial charge in [0.2, 0.25) is 5.91 Å². The van der Waals surface area contributed by atoms with Crippen LogP contribution in [0.1, 0.15) is 18.1 Å². The fraction of sp³-hybridized carbons (Fsp3) is 0.500. The van der Waals surface area contributed by atoms with Crippen LogP contribution in [0.3, 0.4) is 0 Å². The minimum absolute atomic E-state index is 0.145. The molecule has 1 aliphatic rings. The second-order valence-corrected chi connectivity index (χ2v) is 6.51. The van der Waals surface area contributed by atoms with Crippen LogP contribution in [-0.4, -0.2) is 47.6 Å². The van der Waals surface area contributed by atoms with E-state index in [9.17, 15) is 9.59 Å². The van der Waals surface area contributed by atoms with Crippen molar-refractivity contribution in [3.8, 4) is 0 Å². The maximum Gasteiger partial charge on any atom is 0.252 e. The predicted octanol–water partition coefficient (Wildman–Crippen LogP) is 2.18. The first kappa shape index (κ1) is 16.8. The Bertz CT molecular complexity index is 577. The average molecular weight is 322 g/mol. The van der Waals surface area contributed by atoms with E-state index in [1.807, 2.05) is 32.0 Å². The van der Waals surface area contributed by atoms with E-state index in [0.29, 0.717) is 11.6 Å². The number of carbonyl (C=O) groups excluding carboxylic acids is 2. The van der Waals surface area contributed by atoms with Crippen molar-refractivity contribution in [2.75, 3.05) is 24.1 Å². The summed E-state index contributed by atoms with van der Waals surface area (Å²) >= 11 is 1.58. The summed E-state index contributed by atoms with van der Waals surface area (Å²) in [6, 6.07) is 5.43. The molecule has 120 valence electrons. The number of methoxy groups -OCH3 is 1. The zero-order chi connectivity index (χ0) is 16.3. The van der Waals surface area contributed by atoms with Gasteiger partial charge in [0.15, 0.2) is 0 Å². The second-order valence-electron chi connectivity index (χ2n) is 5.51. The third-order valence-electron chi connectivity index (χ3n) is 3.81. The molecule has 0 spiro atoms. The Morgan fingerprint density at radius 1 is 1.41 bits per heavy atom. The van der Waals surface area contributed by atoms with Gasteiger partial charge in [0.25, 0.3) is 5.91 Å². The van der Waals surface area contributed by atoms with Crippen LogP contribution in [0, 0.1) is 13.8 Å². The third-order valence-corrected chi connectivity index (χ3v) is 4.82. The molecule has 1 aromatic rings. The Labute approximate surface area is 135 Å². The second kappa shape index (κ2) is 7.15. The Morgan fingerprint density at radius 2 is 2.14 bits per heavy atom. The summed E-state index contributed by atoms with van der Waals surface area (Å²) in [5, 5.41) is 2.93. The molecule has 0 aliphatic carbocycles. The van der Waals surface area contributed by atoms with Gasteiger partial charge in [-0.25, -0.2) is 0 Å². The maximum atomic E-state index is 12.5. The molecule has 22 heavy (non-hydrogen) atoms. The maximum absolute atomic E-state index is 12.5. The van der Waals surface area contributed by atoms with Crippen LogP contribution in [0.5, 0.6) is 0 Å². The number of amides is 2. The van der Waals surface area contributed by atoms with Gasteiger partial charge in [-0.05, 0) is 32.4 Å². The van der Waals surface area contributed by atoms with Gasteiger partial charge in [-0.15, -0.1) is 11.8 Å². The number of carbonyl (C=O) groups is 2. The summed E-state index contributed by atoms with van der Waals surface area (Å²) in [5.41, 5.74) is 2.96. The van der Waals surface area contributed by atoms with Crippen LogP contribution >= 0.6 is 11.8 Å². The number of aryl methyl sites for hydroxylation is 2. The molecule has 1 aromatic carbocycles. The van der Waals surface area contributed by atoms with Gasteiger partial charge < -0.3 is 15.0 Å². The van der Waals surface area contributed by atoms with Crippen molar-refractivity contribution in [1.29, 1.82) is 0 Å². The van der Waals surface area contributed by atoms with Crippen molar-refractivity contribution in [3.05, 3.63) is 29.3 Å². The van der Waals surface area contributed by atoms with Crippen LogP contribution in [-0.2, 0) is 14.3 Å². The summed E-state index contributed by atoms with van der Waals surface area (Å²) in [6.45, 7) is 5.67. The lowest BCUT2D eigenvalue weighted by Gasteiger charge is -2.25. The zero-order valence-electron chi connectivity index (χ0n) is 13.4. The number of benzene rings is 1. The lowest BCUT2D eigenvalue weighted by atomic mass is 10.1. The van der Waals surface area contributed by atoms with Gasteiger partial charge >= 0.3 is 0 Å². The predicted molar refractivity (Wildman–Crippen MR) is 89.0 cm³/mol. The Morgan fingerprint density at radius 3 is 2.77 bits per heavy atom. The highest BCUT2D eigenvalue weighted by Crippen LogP contribution is 2.24. The highest BCUT2D eigenvalue weighted by atomic mass is 32.2. The van der Waals surface area contributed by atoms with E-state index in [4.69, 9.17) is 4.74 Å². The van der Waals surface area contributed by atoms with Gasteiger partial charge in [-0.2, -0.15) is 0 Å². The molecular formula is C16H22N2O3S. The van der Waals surface area contributed by atoms with E-state index in [0.717, 1.165) is 16.8 Å². The minimum Gasteiger partial charge on any atom is -0.372 e. The largest absolute Gasteiger partial charge is 0.372 e. The first-order chi connectivity index (χ1) is 10.4. The topological polar surface area (TPSA) is 58.6 Å². The first-order valence-corrected chi connectivity index (χ1v) is 8.38. The van der Waals surface area contributed by atoms with Crippen LogP contribution < -0.4 is 5.32 Å². The van der Waals surface area contributed by atoms with Gasteiger partial charge in [0, 0.05) is 18.6 Å². The van der Waals surface area contributed by atoms with Crippen LogP contribution in [0.25, 0.3) is 0 Å². The molecule has 5 nitrogen and oxygen atoms in total. The van der Waals surface area contributed by atoms with Crippen molar-refractivity contribution in [1.82, 2.24) is 4.90 Å². The number of nitrogens with zero attached hydrogens (tertiary/aromatic N) is 1. The van der Waals surface area contributed by atoms with Crippen molar-refractivity contribution in [2.45, 2.75) is 32.9 Å².